The molecular weight excluding hydrogens is 240 g/mol. The van der Waals surface area contributed by atoms with Crippen LogP contribution in [0.4, 0.5) is 0 Å². The van der Waals surface area contributed by atoms with E-state index in [1.807, 2.05) is 24.3 Å². The number of benzene rings is 1. The fourth-order valence-corrected chi connectivity index (χ4v) is 1.94. The van der Waals surface area contributed by atoms with Crippen LogP contribution in [0, 0.1) is 0 Å². The Morgan fingerprint density at radius 1 is 1.26 bits per heavy atom. The van der Waals surface area contributed by atoms with Gasteiger partial charge in [-0.15, -0.1) is 0 Å². The van der Waals surface area contributed by atoms with Crippen molar-refractivity contribution in [1.29, 1.82) is 0 Å². The third-order valence-electron chi connectivity index (χ3n) is 2.89. The molecule has 1 aromatic rings. The Balaban J connectivity index is 2.24. The number of esters is 1. The topological polar surface area (TPSA) is 35.5 Å². The molecule has 0 amide bonds. The second-order valence-electron chi connectivity index (χ2n) is 4.81. The average molecular weight is 264 g/mol. The van der Waals surface area contributed by atoms with Gasteiger partial charge < -0.3 is 9.47 Å². The summed E-state index contributed by atoms with van der Waals surface area (Å²) in [5, 5.41) is 0. The van der Waals surface area contributed by atoms with E-state index in [2.05, 4.69) is 13.8 Å². The highest BCUT2D eigenvalue weighted by Crippen LogP contribution is 2.13. The molecule has 0 bridgehead atoms. The van der Waals surface area contributed by atoms with Crippen LogP contribution in [0.5, 0.6) is 5.75 Å². The zero-order valence-electron chi connectivity index (χ0n) is 12.1. The molecule has 0 aliphatic rings. The van der Waals surface area contributed by atoms with Crippen LogP contribution in [0.3, 0.4) is 0 Å². The van der Waals surface area contributed by atoms with Crippen molar-refractivity contribution in [1.82, 2.24) is 0 Å². The molecule has 3 nitrogen and oxygen atoms in total. The van der Waals surface area contributed by atoms with Crippen LogP contribution in [0.2, 0.25) is 0 Å². The van der Waals surface area contributed by atoms with Crippen LogP contribution in [-0.2, 0) is 16.0 Å². The molecule has 0 aliphatic heterocycles. The SMILES string of the molecule is CCCC(C)OCCCc1ccc(OC(C)=O)cc1. The van der Waals surface area contributed by atoms with Gasteiger partial charge in [-0.05, 0) is 43.9 Å². The van der Waals surface area contributed by atoms with Crippen molar-refractivity contribution in [2.75, 3.05) is 6.61 Å². The van der Waals surface area contributed by atoms with E-state index in [1.54, 1.807) is 0 Å². The van der Waals surface area contributed by atoms with E-state index in [0.29, 0.717) is 11.9 Å². The number of carbonyl (C=O) groups is 1. The third kappa shape index (κ3) is 6.97. The lowest BCUT2D eigenvalue weighted by Gasteiger charge is -2.11. The Morgan fingerprint density at radius 2 is 1.95 bits per heavy atom. The van der Waals surface area contributed by atoms with Crippen LogP contribution in [-0.4, -0.2) is 18.7 Å². The van der Waals surface area contributed by atoms with E-state index in [0.717, 1.165) is 25.9 Å². The standard InChI is InChI=1S/C16H24O3/c1-4-6-13(2)18-12-5-7-15-8-10-16(11-9-15)19-14(3)17/h8-11,13H,4-7,12H2,1-3H3. The summed E-state index contributed by atoms with van der Waals surface area (Å²) in [6.07, 6.45) is 4.65. The molecule has 19 heavy (non-hydrogen) atoms. The Bertz CT molecular complexity index is 370. The Morgan fingerprint density at radius 3 is 2.53 bits per heavy atom. The normalized spacial score (nSPS) is 12.2. The van der Waals surface area contributed by atoms with Crippen LogP contribution in [0.15, 0.2) is 24.3 Å². The number of hydrogen-bond acceptors (Lipinski definition) is 3. The maximum Gasteiger partial charge on any atom is 0.308 e. The monoisotopic (exact) mass is 264 g/mol. The summed E-state index contributed by atoms with van der Waals surface area (Å²) in [6, 6.07) is 7.65. The zero-order chi connectivity index (χ0) is 14.1. The third-order valence-corrected chi connectivity index (χ3v) is 2.89. The Labute approximate surface area is 115 Å². The van der Waals surface area contributed by atoms with Crippen molar-refractivity contribution in [2.24, 2.45) is 0 Å². The summed E-state index contributed by atoms with van der Waals surface area (Å²) in [5.41, 5.74) is 1.24. The van der Waals surface area contributed by atoms with Gasteiger partial charge >= 0.3 is 5.97 Å². The van der Waals surface area contributed by atoms with E-state index < -0.39 is 0 Å². The minimum absolute atomic E-state index is 0.286. The molecule has 0 radical (unpaired) electrons. The second-order valence-corrected chi connectivity index (χ2v) is 4.81. The van der Waals surface area contributed by atoms with Gasteiger partial charge in [0.25, 0.3) is 0 Å². The van der Waals surface area contributed by atoms with Gasteiger partial charge in [0.1, 0.15) is 5.75 Å². The lowest BCUT2D eigenvalue weighted by molar-refractivity contribution is -0.131. The molecule has 3 heteroatoms. The summed E-state index contributed by atoms with van der Waals surface area (Å²) in [7, 11) is 0. The molecular formula is C16H24O3. The Hall–Kier alpha value is -1.35. The molecule has 0 fully saturated rings. The number of ether oxygens (including phenoxy) is 2. The summed E-state index contributed by atoms with van der Waals surface area (Å²) in [5.74, 6) is 0.315. The smallest absolute Gasteiger partial charge is 0.308 e. The average Bonchev–Trinajstić information content (AvgIpc) is 2.36. The molecule has 1 unspecified atom stereocenters. The second kappa shape index (κ2) is 8.70. The van der Waals surface area contributed by atoms with Crippen LogP contribution < -0.4 is 4.74 Å². The van der Waals surface area contributed by atoms with Gasteiger partial charge in [0.15, 0.2) is 0 Å². The highest BCUT2D eigenvalue weighted by molar-refractivity contribution is 5.69. The van der Waals surface area contributed by atoms with Crippen LogP contribution >= 0.6 is 0 Å². The van der Waals surface area contributed by atoms with E-state index in [-0.39, 0.29) is 5.97 Å². The summed E-state index contributed by atoms with van der Waals surface area (Å²) in [4.78, 5) is 10.8. The van der Waals surface area contributed by atoms with Crippen molar-refractivity contribution in [2.45, 2.75) is 52.6 Å². The van der Waals surface area contributed by atoms with Gasteiger partial charge in [0.05, 0.1) is 6.10 Å². The molecule has 1 atom stereocenters. The molecule has 0 heterocycles. The highest BCUT2D eigenvalue weighted by Gasteiger charge is 2.01. The number of aryl methyl sites for hydroxylation is 1. The maximum absolute atomic E-state index is 10.8. The van der Waals surface area contributed by atoms with Gasteiger partial charge in [0.2, 0.25) is 0 Å². The summed E-state index contributed by atoms with van der Waals surface area (Å²) < 4.78 is 10.7. The molecule has 0 saturated carbocycles. The maximum atomic E-state index is 10.8. The van der Waals surface area contributed by atoms with Gasteiger partial charge in [0, 0.05) is 13.5 Å². The fraction of sp³-hybridized carbons (Fsp3) is 0.562. The van der Waals surface area contributed by atoms with E-state index in [4.69, 9.17) is 9.47 Å². The largest absolute Gasteiger partial charge is 0.427 e. The van der Waals surface area contributed by atoms with Crippen LogP contribution in [0.1, 0.15) is 45.6 Å². The highest BCUT2D eigenvalue weighted by atomic mass is 16.5. The van der Waals surface area contributed by atoms with Crippen molar-refractivity contribution < 1.29 is 14.3 Å². The number of hydrogen-bond donors (Lipinski definition) is 0. The summed E-state index contributed by atoms with van der Waals surface area (Å²) >= 11 is 0. The van der Waals surface area contributed by atoms with Gasteiger partial charge in [-0.25, -0.2) is 0 Å². The first kappa shape index (κ1) is 15.7. The van der Waals surface area contributed by atoms with Crippen LogP contribution in [0.25, 0.3) is 0 Å². The van der Waals surface area contributed by atoms with E-state index in [1.165, 1.54) is 18.9 Å². The molecule has 0 aromatic heterocycles. The van der Waals surface area contributed by atoms with Crippen molar-refractivity contribution in [3.8, 4) is 5.75 Å². The van der Waals surface area contributed by atoms with Gasteiger partial charge in [-0.2, -0.15) is 0 Å². The molecule has 1 rings (SSSR count). The molecule has 0 saturated heterocycles. The van der Waals surface area contributed by atoms with E-state index >= 15 is 0 Å². The minimum Gasteiger partial charge on any atom is -0.427 e. The van der Waals surface area contributed by atoms with Crippen molar-refractivity contribution in [3.63, 3.8) is 0 Å². The lowest BCUT2D eigenvalue weighted by atomic mass is 10.1. The van der Waals surface area contributed by atoms with Crippen molar-refractivity contribution in [3.05, 3.63) is 29.8 Å². The molecule has 0 spiro atoms. The Kier molecular flexibility index (Phi) is 7.19. The number of rotatable bonds is 8. The molecule has 106 valence electrons. The quantitative estimate of drug-likeness (QED) is 0.407. The number of carbonyl (C=O) groups excluding carboxylic acids is 1. The minimum atomic E-state index is -0.286. The zero-order valence-corrected chi connectivity index (χ0v) is 12.1. The van der Waals surface area contributed by atoms with Gasteiger partial charge in [-0.1, -0.05) is 25.5 Å². The fourth-order valence-electron chi connectivity index (χ4n) is 1.94. The summed E-state index contributed by atoms with van der Waals surface area (Å²) in [6.45, 7) is 6.50. The molecule has 0 aliphatic carbocycles. The first-order valence-corrected chi connectivity index (χ1v) is 7.00. The van der Waals surface area contributed by atoms with Crippen molar-refractivity contribution >= 4 is 5.97 Å². The first-order chi connectivity index (χ1) is 9.11. The predicted molar refractivity (Wildman–Crippen MR) is 76.4 cm³/mol. The first-order valence-electron chi connectivity index (χ1n) is 7.00. The van der Waals surface area contributed by atoms with E-state index in [9.17, 15) is 4.79 Å². The predicted octanol–water partition coefficient (Wildman–Crippen LogP) is 3.75. The molecule has 0 N–H and O–H groups in total. The molecule has 1 aromatic carbocycles. The van der Waals surface area contributed by atoms with Gasteiger partial charge in [-0.3, -0.25) is 4.79 Å². The lowest BCUT2D eigenvalue weighted by Crippen LogP contribution is -2.09.